The second kappa shape index (κ2) is 11.4. The van der Waals surface area contributed by atoms with Crippen molar-refractivity contribution in [2.45, 2.75) is 77.7 Å². The first-order valence-corrected chi connectivity index (χ1v) is 11.3. The van der Waals surface area contributed by atoms with E-state index < -0.39 is 22.5 Å². The predicted molar refractivity (Wildman–Crippen MR) is 110 cm³/mol. The molecule has 0 radical (unpaired) electrons. The summed E-state index contributed by atoms with van der Waals surface area (Å²) in [7, 11) is 0. The maximum absolute atomic E-state index is 13.7. The average molecular weight is 426 g/mol. The second-order valence-electron chi connectivity index (χ2n) is 8.77. The molecule has 3 atom stereocenters. The Kier molecular flexibility index (Phi) is 9.23. The minimum absolute atomic E-state index is 0.137. The highest BCUT2D eigenvalue weighted by Crippen LogP contribution is 2.35. The molecule has 3 N–H and O–H groups in total. The van der Waals surface area contributed by atoms with E-state index in [0.717, 1.165) is 38.5 Å². The largest absolute Gasteiger partial charge is 0.432 e. The summed E-state index contributed by atoms with van der Waals surface area (Å²) in [6.07, 6.45) is 8.18. The highest BCUT2D eigenvalue weighted by atomic mass is 16.5. The lowest BCUT2D eigenvalue weighted by molar-refractivity contribution is -0.786. The third kappa shape index (κ3) is 5.78. The second-order valence-corrected chi connectivity index (χ2v) is 8.77. The number of hydrogen-bond donors (Lipinski definition) is 3. The number of amides is 6. The highest BCUT2D eigenvalue weighted by molar-refractivity contribution is 5.95. The maximum Gasteiger partial charge on any atom is 0.432 e. The molecule has 0 bridgehead atoms. The number of imide groups is 2. The summed E-state index contributed by atoms with van der Waals surface area (Å²) in [5, 5.41) is 15.3. The van der Waals surface area contributed by atoms with Crippen molar-refractivity contribution in [2.24, 2.45) is 11.8 Å². The maximum atomic E-state index is 13.7. The van der Waals surface area contributed by atoms with E-state index in [1.165, 1.54) is 0 Å². The Hall–Kier alpha value is -2.00. The van der Waals surface area contributed by atoms with Crippen LogP contribution in [0.3, 0.4) is 0 Å². The van der Waals surface area contributed by atoms with Gasteiger partial charge in [0, 0.05) is 19.4 Å². The Morgan fingerprint density at radius 2 is 1.90 bits per heavy atom. The Morgan fingerprint density at radius 3 is 2.47 bits per heavy atom. The van der Waals surface area contributed by atoms with Gasteiger partial charge in [-0.2, -0.15) is 4.48 Å². The van der Waals surface area contributed by atoms with Gasteiger partial charge in [-0.25, -0.2) is 24.8 Å². The van der Waals surface area contributed by atoms with Crippen LogP contribution < -0.4 is 10.6 Å². The van der Waals surface area contributed by atoms with E-state index in [2.05, 4.69) is 10.6 Å². The fourth-order valence-corrected chi connectivity index (χ4v) is 4.92. The molecule has 1 aliphatic heterocycles. The molecule has 1 heterocycles. The Morgan fingerprint density at radius 1 is 1.20 bits per heavy atom. The molecular formula is C21H37N4O5+. The quantitative estimate of drug-likeness (QED) is 0.173. The van der Waals surface area contributed by atoms with Crippen LogP contribution in [0.25, 0.3) is 0 Å². The lowest BCUT2D eigenvalue weighted by atomic mass is 9.91. The summed E-state index contributed by atoms with van der Waals surface area (Å²) in [4.78, 5) is 50.1. The Bertz CT molecular complexity index is 623. The number of carbonyl (C=O) groups excluding carboxylic acids is 4. The summed E-state index contributed by atoms with van der Waals surface area (Å²) in [6, 6.07) is -1.48. The van der Waals surface area contributed by atoms with Crippen molar-refractivity contribution in [1.82, 2.24) is 15.7 Å². The summed E-state index contributed by atoms with van der Waals surface area (Å²) in [5.41, 5.74) is 0. The van der Waals surface area contributed by atoms with Crippen molar-refractivity contribution in [3.05, 3.63) is 0 Å². The zero-order chi connectivity index (χ0) is 22.1. The molecule has 0 spiro atoms. The van der Waals surface area contributed by atoms with Gasteiger partial charge in [-0.05, 0) is 25.7 Å². The molecule has 170 valence electrons. The number of hydrogen-bond acceptors (Lipinski definition) is 5. The average Bonchev–Trinajstić information content (AvgIpc) is 3.37. The first-order valence-electron chi connectivity index (χ1n) is 11.3. The summed E-state index contributed by atoms with van der Waals surface area (Å²) in [6.45, 7) is 4.50. The zero-order valence-corrected chi connectivity index (χ0v) is 18.3. The molecule has 1 saturated heterocycles. The zero-order valence-electron chi connectivity index (χ0n) is 18.3. The SMILES string of the molecule is CCCCNC(=O)NC(=O)[N+]1(C(=O)[C@H](CC2CCCC2)CN(O)C=O)CCC[C@H]1C. The van der Waals surface area contributed by atoms with Gasteiger partial charge in [-0.3, -0.25) is 10.0 Å². The molecule has 9 heteroatoms. The third-order valence-electron chi connectivity index (χ3n) is 6.65. The molecule has 2 aliphatic rings. The summed E-state index contributed by atoms with van der Waals surface area (Å²) >= 11 is 0. The molecule has 0 aromatic carbocycles. The van der Waals surface area contributed by atoms with Crippen LogP contribution in [0, 0.1) is 11.8 Å². The van der Waals surface area contributed by atoms with Gasteiger partial charge >= 0.3 is 18.0 Å². The van der Waals surface area contributed by atoms with Crippen molar-refractivity contribution in [3.63, 3.8) is 0 Å². The van der Waals surface area contributed by atoms with Crippen molar-refractivity contribution in [1.29, 1.82) is 0 Å². The smallest absolute Gasteiger partial charge is 0.338 e. The van der Waals surface area contributed by atoms with Crippen LogP contribution >= 0.6 is 0 Å². The van der Waals surface area contributed by atoms with Gasteiger partial charge in [-0.15, -0.1) is 0 Å². The Balaban J connectivity index is 2.20. The van der Waals surface area contributed by atoms with Gasteiger partial charge in [0.2, 0.25) is 6.41 Å². The van der Waals surface area contributed by atoms with Crippen molar-refractivity contribution >= 4 is 24.4 Å². The number of carbonyl (C=O) groups is 4. The number of quaternary nitrogens is 1. The van der Waals surface area contributed by atoms with Crippen LogP contribution in [0.1, 0.15) is 71.6 Å². The topological polar surface area (TPSA) is 116 Å². The van der Waals surface area contributed by atoms with Crippen LogP contribution in [-0.2, 0) is 9.59 Å². The van der Waals surface area contributed by atoms with E-state index in [0.29, 0.717) is 43.3 Å². The van der Waals surface area contributed by atoms with Crippen LogP contribution in [-0.4, -0.2) is 64.8 Å². The number of likely N-dealkylation sites (tertiary alicyclic amines) is 1. The van der Waals surface area contributed by atoms with E-state index >= 15 is 0 Å². The number of nitrogens with zero attached hydrogens (tertiary/aromatic N) is 2. The van der Waals surface area contributed by atoms with Gasteiger partial charge in [0.05, 0.1) is 19.0 Å². The van der Waals surface area contributed by atoms with Crippen LogP contribution in [0.2, 0.25) is 0 Å². The molecule has 9 nitrogen and oxygen atoms in total. The molecule has 2 rings (SSSR count). The molecule has 0 aromatic rings. The van der Waals surface area contributed by atoms with Crippen LogP contribution in [0.4, 0.5) is 9.59 Å². The third-order valence-corrected chi connectivity index (χ3v) is 6.65. The summed E-state index contributed by atoms with van der Waals surface area (Å²) in [5.74, 6) is -0.623. The Labute approximate surface area is 178 Å². The van der Waals surface area contributed by atoms with E-state index in [4.69, 9.17) is 0 Å². The first-order chi connectivity index (χ1) is 14.3. The van der Waals surface area contributed by atoms with Crippen molar-refractivity contribution in [2.75, 3.05) is 19.6 Å². The standard InChI is InChI=1S/C21H36N4O5/c1-3-4-11-22-20(28)23-21(29)25(12-7-8-16(25)2)19(27)18(14-24(30)15-26)13-17-9-5-6-10-17/h15-18,30H,3-14H2,1-2H3,(H-,22,23,28,29)/p+1/t16-,18-,25?/m1/s1. The van der Waals surface area contributed by atoms with Crippen molar-refractivity contribution < 1.29 is 28.9 Å². The van der Waals surface area contributed by atoms with Gasteiger partial charge in [0.1, 0.15) is 6.04 Å². The first kappa shape index (κ1) is 24.3. The van der Waals surface area contributed by atoms with Crippen molar-refractivity contribution in [3.8, 4) is 0 Å². The molecular weight excluding hydrogens is 388 g/mol. The van der Waals surface area contributed by atoms with Gasteiger partial charge in [0.15, 0.2) is 0 Å². The van der Waals surface area contributed by atoms with Crippen LogP contribution in [0.5, 0.6) is 0 Å². The normalized spacial score (nSPS) is 25.0. The molecule has 1 aliphatic carbocycles. The van der Waals surface area contributed by atoms with E-state index in [9.17, 15) is 24.4 Å². The van der Waals surface area contributed by atoms with Gasteiger partial charge < -0.3 is 5.32 Å². The van der Waals surface area contributed by atoms with Crippen LogP contribution in [0.15, 0.2) is 0 Å². The minimum atomic E-state index is -0.655. The van der Waals surface area contributed by atoms with E-state index in [1.807, 2.05) is 13.8 Å². The fourth-order valence-electron chi connectivity index (χ4n) is 4.92. The molecule has 6 amide bonds. The number of unbranched alkanes of at least 4 members (excludes halogenated alkanes) is 1. The number of urea groups is 2. The fraction of sp³-hybridized carbons (Fsp3) is 0.810. The monoisotopic (exact) mass is 425 g/mol. The minimum Gasteiger partial charge on any atom is -0.338 e. The molecule has 30 heavy (non-hydrogen) atoms. The van der Waals surface area contributed by atoms with Gasteiger partial charge in [0.25, 0.3) is 0 Å². The lowest BCUT2D eigenvalue weighted by Crippen LogP contribution is -2.66. The molecule has 1 saturated carbocycles. The van der Waals surface area contributed by atoms with Gasteiger partial charge in [-0.1, -0.05) is 39.0 Å². The summed E-state index contributed by atoms with van der Waals surface area (Å²) < 4.78 is -0.453. The highest BCUT2D eigenvalue weighted by Gasteiger charge is 2.55. The predicted octanol–water partition coefficient (Wildman–Crippen LogP) is 2.78. The van der Waals surface area contributed by atoms with E-state index in [-0.39, 0.29) is 24.9 Å². The lowest BCUT2D eigenvalue weighted by Gasteiger charge is -2.36. The molecule has 1 unspecified atom stereocenters. The van der Waals surface area contributed by atoms with E-state index in [1.54, 1.807) is 0 Å². The molecule has 2 fully saturated rings. The number of hydroxylamine groups is 2. The number of nitrogens with one attached hydrogen (secondary N) is 2. The molecule has 0 aromatic heterocycles. The number of rotatable bonds is 9.